The number of hydrogen-bond acceptors (Lipinski definition) is 4. The normalized spacial score (nSPS) is 10.2. The number of benzene rings is 1. The summed E-state index contributed by atoms with van der Waals surface area (Å²) in [5, 5.41) is 10.9. The largest absolute Gasteiger partial charge is 0.398 e. The van der Waals surface area contributed by atoms with Crippen molar-refractivity contribution in [3.05, 3.63) is 52.2 Å². The van der Waals surface area contributed by atoms with Crippen molar-refractivity contribution in [3.63, 3.8) is 0 Å². The molecule has 5 nitrogen and oxygen atoms in total. The number of nitrogens with two attached hydrogens (primary N) is 1. The molecule has 0 saturated heterocycles. The fourth-order valence-electron chi connectivity index (χ4n) is 1.75. The van der Waals surface area contributed by atoms with Crippen LogP contribution < -0.4 is 5.73 Å². The van der Waals surface area contributed by atoms with Crippen LogP contribution in [0.2, 0.25) is 0 Å². The summed E-state index contributed by atoms with van der Waals surface area (Å²) in [5.41, 5.74) is 8.12. The summed E-state index contributed by atoms with van der Waals surface area (Å²) < 4.78 is 0. The van der Waals surface area contributed by atoms with Gasteiger partial charge in [0, 0.05) is 23.5 Å². The summed E-state index contributed by atoms with van der Waals surface area (Å²) in [7, 11) is 0. The molecule has 5 heteroatoms. The second kappa shape index (κ2) is 4.21. The zero-order valence-corrected chi connectivity index (χ0v) is 9.25. The molecule has 2 aromatic rings. The van der Waals surface area contributed by atoms with E-state index in [4.69, 9.17) is 5.73 Å². The van der Waals surface area contributed by atoms with Gasteiger partial charge in [-0.25, -0.2) is 4.98 Å². The van der Waals surface area contributed by atoms with Crippen molar-refractivity contribution in [2.75, 3.05) is 5.73 Å². The molecule has 1 aromatic carbocycles. The Morgan fingerprint density at radius 3 is 2.71 bits per heavy atom. The smallest absolute Gasteiger partial charge is 0.295 e. The Labute approximate surface area is 98.1 Å². The van der Waals surface area contributed by atoms with Gasteiger partial charge in [0.05, 0.1) is 4.92 Å². The number of anilines is 1. The first kappa shape index (κ1) is 11.1. The monoisotopic (exact) mass is 229 g/mol. The van der Waals surface area contributed by atoms with E-state index in [-0.39, 0.29) is 5.69 Å². The fraction of sp³-hybridized carbons (Fsp3) is 0.0833. The summed E-state index contributed by atoms with van der Waals surface area (Å²) in [6.45, 7) is 1.85. The molecule has 0 aliphatic heterocycles. The lowest BCUT2D eigenvalue weighted by Crippen LogP contribution is -1.99. The van der Waals surface area contributed by atoms with Crippen molar-refractivity contribution < 1.29 is 4.92 Å². The molecule has 0 aliphatic rings. The minimum absolute atomic E-state index is 0.0338. The first-order valence-electron chi connectivity index (χ1n) is 5.06. The Kier molecular flexibility index (Phi) is 2.74. The molecule has 0 bridgehead atoms. The van der Waals surface area contributed by atoms with Crippen LogP contribution in [0, 0.1) is 17.0 Å². The number of aromatic nitrogens is 1. The predicted molar refractivity (Wildman–Crippen MR) is 65.5 cm³/mol. The van der Waals surface area contributed by atoms with Crippen LogP contribution in [-0.4, -0.2) is 9.91 Å². The molecule has 17 heavy (non-hydrogen) atoms. The van der Waals surface area contributed by atoms with Crippen molar-refractivity contribution in [1.29, 1.82) is 0 Å². The van der Waals surface area contributed by atoms with E-state index in [1.165, 1.54) is 18.3 Å². The van der Waals surface area contributed by atoms with E-state index >= 15 is 0 Å². The first-order chi connectivity index (χ1) is 8.11. The number of nitrogen functional groups attached to an aromatic ring is 1. The molecule has 1 aromatic heterocycles. The SMILES string of the molecule is Cc1cccc(N)c1-c1ncccc1[N+](=O)[O-]. The highest BCUT2D eigenvalue weighted by Crippen LogP contribution is 2.33. The minimum atomic E-state index is -0.450. The van der Waals surface area contributed by atoms with E-state index in [1.54, 1.807) is 6.07 Å². The zero-order chi connectivity index (χ0) is 12.4. The standard InChI is InChI=1S/C12H11N3O2/c1-8-4-2-5-9(13)11(8)12-10(15(16)17)6-3-7-14-12/h2-7H,13H2,1H3. The molecule has 0 saturated carbocycles. The molecular formula is C12H11N3O2. The third-order valence-electron chi connectivity index (χ3n) is 2.52. The van der Waals surface area contributed by atoms with Gasteiger partial charge >= 0.3 is 0 Å². The fourth-order valence-corrected chi connectivity index (χ4v) is 1.75. The van der Waals surface area contributed by atoms with Crippen LogP contribution in [0.15, 0.2) is 36.5 Å². The van der Waals surface area contributed by atoms with Crippen molar-refractivity contribution in [2.24, 2.45) is 0 Å². The maximum Gasteiger partial charge on any atom is 0.295 e. The molecular weight excluding hydrogens is 218 g/mol. The van der Waals surface area contributed by atoms with Crippen LogP contribution in [-0.2, 0) is 0 Å². The Bertz CT molecular complexity index is 561. The molecule has 2 N–H and O–H groups in total. The molecule has 1 heterocycles. The van der Waals surface area contributed by atoms with Crippen LogP contribution in [0.25, 0.3) is 11.3 Å². The van der Waals surface area contributed by atoms with Gasteiger partial charge in [0.1, 0.15) is 0 Å². The number of nitro groups is 1. The van der Waals surface area contributed by atoms with Crippen molar-refractivity contribution >= 4 is 11.4 Å². The van der Waals surface area contributed by atoms with Crippen LogP contribution in [0.4, 0.5) is 11.4 Å². The van der Waals surface area contributed by atoms with Crippen molar-refractivity contribution in [2.45, 2.75) is 6.92 Å². The maximum atomic E-state index is 10.9. The molecule has 0 radical (unpaired) electrons. The Morgan fingerprint density at radius 2 is 2.06 bits per heavy atom. The van der Waals surface area contributed by atoms with Crippen LogP contribution in [0.1, 0.15) is 5.56 Å². The summed E-state index contributed by atoms with van der Waals surface area (Å²) in [6.07, 6.45) is 1.52. The van der Waals surface area contributed by atoms with Crippen molar-refractivity contribution in [3.8, 4) is 11.3 Å². The lowest BCUT2D eigenvalue weighted by Gasteiger charge is -2.08. The Hall–Kier alpha value is -2.43. The lowest BCUT2D eigenvalue weighted by molar-refractivity contribution is -0.384. The highest BCUT2D eigenvalue weighted by Gasteiger charge is 2.19. The second-order valence-corrected chi connectivity index (χ2v) is 3.67. The van der Waals surface area contributed by atoms with Gasteiger partial charge in [-0.05, 0) is 24.6 Å². The van der Waals surface area contributed by atoms with Gasteiger partial charge in [-0.15, -0.1) is 0 Å². The average molecular weight is 229 g/mol. The maximum absolute atomic E-state index is 10.9. The number of hydrogen-bond donors (Lipinski definition) is 1. The first-order valence-corrected chi connectivity index (χ1v) is 5.06. The molecule has 0 fully saturated rings. The van der Waals surface area contributed by atoms with E-state index in [0.717, 1.165) is 5.56 Å². The number of rotatable bonds is 2. The number of pyridine rings is 1. The molecule has 0 amide bonds. The van der Waals surface area contributed by atoms with E-state index in [2.05, 4.69) is 4.98 Å². The van der Waals surface area contributed by atoms with Gasteiger partial charge in [-0.1, -0.05) is 12.1 Å². The highest BCUT2D eigenvalue weighted by molar-refractivity contribution is 5.81. The van der Waals surface area contributed by atoms with Gasteiger partial charge in [0.15, 0.2) is 5.69 Å². The van der Waals surface area contributed by atoms with Crippen molar-refractivity contribution in [1.82, 2.24) is 4.98 Å². The van der Waals surface area contributed by atoms with Gasteiger partial charge in [-0.2, -0.15) is 0 Å². The molecule has 0 atom stereocenters. The van der Waals surface area contributed by atoms with E-state index in [1.807, 2.05) is 19.1 Å². The third-order valence-corrected chi connectivity index (χ3v) is 2.52. The topological polar surface area (TPSA) is 82.0 Å². The Balaban J connectivity index is 2.73. The van der Waals surface area contributed by atoms with Crippen LogP contribution in [0.5, 0.6) is 0 Å². The highest BCUT2D eigenvalue weighted by atomic mass is 16.6. The lowest BCUT2D eigenvalue weighted by atomic mass is 10.0. The summed E-state index contributed by atoms with van der Waals surface area (Å²) in [5.74, 6) is 0. The van der Waals surface area contributed by atoms with E-state index in [0.29, 0.717) is 16.9 Å². The van der Waals surface area contributed by atoms with E-state index < -0.39 is 4.92 Å². The van der Waals surface area contributed by atoms with E-state index in [9.17, 15) is 10.1 Å². The Morgan fingerprint density at radius 1 is 1.29 bits per heavy atom. The van der Waals surface area contributed by atoms with Crippen LogP contribution >= 0.6 is 0 Å². The van der Waals surface area contributed by atoms with Gasteiger partial charge < -0.3 is 5.73 Å². The molecule has 2 rings (SSSR count). The third kappa shape index (κ3) is 1.94. The molecule has 0 spiro atoms. The number of nitrogens with zero attached hydrogens (tertiary/aromatic N) is 2. The quantitative estimate of drug-likeness (QED) is 0.487. The second-order valence-electron chi connectivity index (χ2n) is 3.67. The zero-order valence-electron chi connectivity index (χ0n) is 9.25. The molecule has 0 aliphatic carbocycles. The minimum Gasteiger partial charge on any atom is -0.398 e. The summed E-state index contributed by atoms with van der Waals surface area (Å²) in [4.78, 5) is 14.6. The molecule has 0 unspecified atom stereocenters. The van der Waals surface area contributed by atoms with Gasteiger partial charge in [0.25, 0.3) is 5.69 Å². The van der Waals surface area contributed by atoms with Gasteiger partial charge in [-0.3, -0.25) is 10.1 Å². The average Bonchev–Trinajstić information content (AvgIpc) is 2.29. The van der Waals surface area contributed by atoms with Gasteiger partial charge in [0.2, 0.25) is 0 Å². The summed E-state index contributed by atoms with van der Waals surface area (Å²) >= 11 is 0. The predicted octanol–water partition coefficient (Wildman–Crippen LogP) is 2.55. The molecule has 86 valence electrons. The van der Waals surface area contributed by atoms with Crippen LogP contribution in [0.3, 0.4) is 0 Å². The summed E-state index contributed by atoms with van der Waals surface area (Å²) in [6, 6.07) is 8.33. The number of aryl methyl sites for hydroxylation is 1.